The molecule has 0 N–H and O–H groups in total. The van der Waals surface area contributed by atoms with Gasteiger partial charge in [-0.25, -0.2) is 0 Å². The second kappa shape index (κ2) is 9.98. The largest absolute Gasteiger partial charge is 0.371 e. The van der Waals surface area contributed by atoms with E-state index in [0.717, 1.165) is 47.7 Å². The van der Waals surface area contributed by atoms with Crippen LogP contribution in [-0.4, -0.2) is 30.9 Å². The molecule has 0 radical (unpaired) electrons. The normalized spacial score (nSPS) is 21.3. The number of fused-ring (bicyclic) bond motifs is 1. The van der Waals surface area contributed by atoms with Gasteiger partial charge in [0.25, 0.3) is 5.91 Å². The lowest BCUT2D eigenvalue weighted by Crippen LogP contribution is -2.47. The molecule has 3 aromatic carbocycles. The van der Waals surface area contributed by atoms with Gasteiger partial charge in [-0.1, -0.05) is 48.9 Å². The van der Waals surface area contributed by atoms with Crippen molar-refractivity contribution in [1.29, 1.82) is 0 Å². The lowest BCUT2D eigenvalue weighted by Gasteiger charge is -2.43. The van der Waals surface area contributed by atoms with Gasteiger partial charge >= 0.3 is 0 Å². The summed E-state index contributed by atoms with van der Waals surface area (Å²) in [5.74, 6) is 0.580. The van der Waals surface area contributed by atoms with E-state index in [1.54, 1.807) is 19.1 Å². The number of rotatable bonds is 4. The molecule has 3 atom stereocenters. The Morgan fingerprint density at radius 1 is 0.917 bits per heavy atom. The molecular formula is C30H32ClN3O2. The zero-order valence-electron chi connectivity index (χ0n) is 21.0. The SMILES string of the molecule is CC(=O)N(c1ccc(Cl)cc1)[C@@H]1C[C@H](C)N(C(=O)c2ccccc2N2CCC(C)C2)c2ccccc21. The summed E-state index contributed by atoms with van der Waals surface area (Å²) < 4.78 is 0. The number of halogens is 1. The molecule has 1 unspecified atom stereocenters. The van der Waals surface area contributed by atoms with E-state index >= 15 is 0 Å². The summed E-state index contributed by atoms with van der Waals surface area (Å²) in [4.78, 5) is 33.1. The molecule has 5 nitrogen and oxygen atoms in total. The van der Waals surface area contributed by atoms with Crippen LogP contribution in [-0.2, 0) is 4.79 Å². The average molecular weight is 502 g/mol. The molecule has 6 heteroatoms. The molecule has 1 fully saturated rings. The van der Waals surface area contributed by atoms with Crippen LogP contribution < -0.4 is 14.7 Å². The van der Waals surface area contributed by atoms with Crippen LogP contribution in [0.25, 0.3) is 0 Å². The van der Waals surface area contributed by atoms with Crippen molar-refractivity contribution in [2.75, 3.05) is 27.8 Å². The Balaban J connectivity index is 1.54. The van der Waals surface area contributed by atoms with Gasteiger partial charge in [0.05, 0.1) is 11.6 Å². The monoisotopic (exact) mass is 501 g/mol. The number of para-hydroxylation sites is 2. The summed E-state index contributed by atoms with van der Waals surface area (Å²) in [6.07, 6.45) is 1.77. The van der Waals surface area contributed by atoms with Crippen LogP contribution in [0.5, 0.6) is 0 Å². The summed E-state index contributed by atoms with van der Waals surface area (Å²) in [6.45, 7) is 7.85. The minimum Gasteiger partial charge on any atom is -0.371 e. The molecule has 3 aromatic rings. The zero-order valence-corrected chi connectivity index (χ0v) is 21.8. The van der Waals surface area contributed by atoms with Gasteiger partial charge in [-0.15, -0.1) is 0 Å². The topological polar surface area (TPSA) is 43.9 Å². The van der Waals surface area contributed by atoms with E-state index in [9.17, 15) is 9.59 Å². The van der Waals surface area contributed by atoms with Crippen LogP contribution in [0.15, 0.2) is 72.8 Å². The minimum atomic E-state index is -0.186. The van der Waals surface area contributed by atoms with Crippen LogP contribution in [0.2, 0.25) is 5.02 Å². The van der Waals surface area contributed by atoms with E-state index in [4.69, 9.17) is 11.6 Å². The summed E-state index contributed by atoms with van der Waals surface area (Å²) in [5.41, 5.74) is 4.36. The van der Waals surface area contributed by atoms with Gasteiger partial charge in [-0.3, -0.25) is 9.59 Å². The average Bonchev–Trinajstić information content (AvgIpc) is 3.31. The number of nitrogens with zero attached hydrogens (tertiary/aromatic N) is 3. The zero-order chi connectivity index (χ0) is 25.4. The van der Waals surface area contributed by atoms with Crippen molar-refractivity contribution in [2.45, 2.75) is 45.7 Å². The van der Waals surface area contributed by atoms with Crippen molar-refractivity contribution in [2.24, 2.45) is 5.92 Å². The van der Waals surface area contributed by atoms with Crippen molar-refractivity contribution in [3.8, 4) is 0 Å². The third-order valence-electron chi connectivity index (χ3n) is 7.43. The Bertz CT molecular complexity index is 1280. The summed E-state index contributed by atoms with van der Waals surface area (Å²) in [7, 11) is 0. The molecule has 2 amide bonds. The number of carbonyl (C=O) groups is 2. The molecule has 2 aliphatic rings. The van der Waals surface area contributed by atoms with Crippen LogP contribution in [0, 0.1) is 5.92 Å². The van der Waals surface area contributed by atoms with E-state index in [1.165, 1.54) is 0 Å². The van der Waals surface area contributed by atoms with Crippen LogP contribution >= 0.6 is 11.6 Å². The van der Waals surface area contributed by atoms with Gasteiger partial charge < -0.3 is 14.7 Å². The first-order valence-corrected chi connectivity index (χ1v) is 13.0. The molecule has 2 heterocycles. The molecule has 0 aliphatic carbocycles. The van der Waals surface area contributed by atoms with E-state index in [0.29, 0.717) is 17.4 Å². The Hall–Kier alpha value is -3.31. The van der Waals surface area contributed by atoms with Crippen molar-refractivity contribution in [1.82, 2.24) is 0 Å². The third-order valence-corrected chi connectivity index (χ3v) is 7.69. The second-order valence-corrected chi connectivity index (χ2v) is 10.5. The number of hydrogen-bond acceptors (Lipinski definition) is 3. The van der Waals surface area contributed by atoms with Crippen molar-refractivity contribution >= 4 is 40.5 Å². The Morgan fingerprint density at radius 3 is 2.25 bits per heavy atom. The maximum absolute atomic E-state index is 14.2. The van der Waals surface area contributed by atoms with E-state index in [1.807, 2.05) is 64.4 Å². The van der Waals surface area contributed by atoms with Gasteiger partial charge in [0.1, 0.15) is 0 Å². The molecule has 0 aromatic heterocycles. The molecule has 186 valence electrons. The van der Waals surface area contributed by atoms with E-state index in [-0.39, 0.29) is 23.9 Å². The lowest BCUT2D eigenvalue weighted by molar-refractivity contribution is -0.117. The summed E-state index contributed by atoms with van der Waals surface area (Å²) in [6, 6.07) is 23.0. The molecule has 36 heavy (non-hydrogen) atoms. The smallest absolute Gasteiger partial charge is 0.260 e. The summed E-state index contributed by atoms with van der Waals surface area (Å²) >= 11 is 6.11. The molecule has 1 saturated heterocycles. The van der Waals surface area contributed by atoms with Gasteiger partial charge in [-0.05, 0) is 73.7 Å². The molecule has 0 spiro atoms. The molecule has 0 bridgehead atoms. The first-order valence-electron chi connectivity index (χ1n) is 12.7. The highest BCUT2D eigenvalue weighted by Gasteiger charge is 2.39. The highest BCUT2D eigenvalue weighted by atomic mass is 35.5. The number of carbonyl (C=O) groups excluding carboxylic acids is 2. The number of benzene rings is 3. The summed E-state index contributed by atoms with van der Waals surface area (Å²) in [5, 5.41) is 0.627. The van der Waals surface area contributed by atoms with E-state index in [2.05, 4.69) is 24.8 Å². The fraction of sp³-hybridized carbons (Fsp3) is 0.333. The number of hydrogen-bond donors (Lipinski definition) is 0. The third kappa shape index (κ3) is 4.48. The van der Waals surface area contributed by atoms with Gasteiger partial charge in [-0.2, -0.15) is 0 Å². The Labute approximate surface area is 218 Å². The Morgan fingerprint density at radius 2 is 1.58 bits per heavy atom. The highest BCUT2D eigenvalue weighted by molar-refractivity contribution is 6.30. The van der Waals surface area contributed by atoms with Crippen molar-refractivity contribution < 1.29 is 9.59 Å². The van der Waals surface area contributed by atoms with Gasteiger partial charge in [0, 0.05) is 48.1 Å². The quantitative estimate of drug-likeness (QED) is 0.398. The van der Waals surface area contributed by atoms with Gasteiger partial charge in [0.2, 0.25) is 5.91 Å². The van der Waals surface area contributed by atoms with Crippen molar-refractivity contribution in [3.05, 3.63) is 88.9 Å². The van der Waals surface area contributed by atoms with Crippen LogP contribution in [0.1, 0.15) is 55.6 Å². The lowest BCUT2D eigenvalue weighted by atomic mass is 9.89. The van der Waals surface area contributed by atoms with Crippen LogP contribution in [0.3, 0.4) is 0 Å². The predicted molar refractivity (Wildman–Crippen MR) is 147 cm³/mol. The number of amides is 2. The standard InChI is InChI=1S/C30H32ClN3O2/c1-20-16-17-32(19-20)27-10-6-5-9-26(27)30(36)33-21(2)18-29(25-8-4-7-11-28(25)33)34(22(3)35)24-14-12-23(31)13-15-24/h4-15,20-21,29H,16-19H2,1-3H3/t20?,21-,29+/m0/s1. The maximum Gasteiger partial charge on any atom is 0.260 e. The van der Waals surface area contributed by atoms with Crippen molar-refractivity contribution in [3.63, 3.8) is 0 Å². The first kappa shape index (κ1) is 24.4. The molecule has 5 rings (SSSR count). The maximum atomic E-state index is 14.2. The second-order valence-electron chi connectivity index (χ2n) is 10.1. The highest BCUT2D eigenvalue weighted by Crippen LogP contribution is 2.43. The Kier molecular flexibility index (Phi) is 6.76. The fourth-order valence-electron chi connectivity index (χ4n) is 5.73. The molecule has 0 saturated carbocycles. The predicted octanol–water partition coefficient (Wildman–Crippen LogP) is 6.72. The molecule has 2 aliphatic heterocycles. The number of anilines is 3. The van der Waals surface area contributed by atoms with E-state index < -0.39 is 0 Å². The minimum absolute atomic E-state index is 0.00409. The van der Waals surface area contributed by atoms with Crippen LogP contribution in [0.4, 0.5) is 17.1 Å². The van der Waals surface area contributed by atoms with Gasteiger partial charge in [0.15, 0.2) is 0 Å². The molecular weight excluding hydrogens is 470 g/mol. The fourth-order valence-corrected chi connectivity index (χ4v) is 5.86. The first-order chi connectivity index (χ1) is 17.3.